The Balaban J connectivity index is 0.00000147. The monoisotopic (exact) mass is 295 g/mol. The van der Waals surface area contributed by atoms with Gasteiger partial charge in [0.25, 0.3) is 5.69 Å². The minimum absolute atomic E-state index is 0. The Labute approximate surface area is 121 Å². The largest absolute Gasteiger partial charge is 0.365 e. The Morgan fingerprint density at radius 2 is 2.25 bits per heavy atom. The van der Waals surface area contributed by atoms with E-state index in [0.29, 0.717) is 22.9 Å². The second-order valence-electron chi connectivity index (χ2n) is 4.52. The lowest BCUT2D eigenvalue weighted by molar-refractivity contribution is -0.384. The molecular formula is C12H14ClN5O2. The van der Waals surface area contributed by atoms with E-state index in [9.17, 15) is 10.1 Å². The summed E-state index contributed by atoms with van der Waals surface area (Å²) in [6.07, 6.45) is 2.67. The van der Waals surface area contributed by atoms with Crippen LogP contribution in [0.4, 0.5) is 11.5 Å². The number of aromatic nitrogens is 2. The molecule has 2 heterocycles. The third kappa shape index (κ3) is 2.94. The summed E-state index contributed by atoms with van der Waals surface area (Å²) in [7, 11) is 0. The van der Waals surface area contributed by atoms with Crippen LogP contribution in [0.5, 0.6) is 0 Å². The molecule has 0 bridgehead atoms. The van der Waals surface area contributed by atoms with Crippen LogP contribution in [0.2, 0.25) is 0 Å². The van der Waals surface area contributed by atoms with Crippen LogP contribution in [0.15, 0.2) is 24.4 Å². The van der Waals surface area contributed by atoms with Gasteiger partial charge in [-0.2, -0.15) is 0 Å². The predicted octanol–water partition coefficient (Wildman–Crippen LogP) is 1.73. The second-order valence-corrected chi connectivity index (χ2v) is 4.52. The van der Waals surface area contributed by atoms with E-state index < -0.39 is 4.92 Å². The third-order valence-corrected chi connectivity index (χ3v) is 3.15. The lowest BCUT2D eigenvalue weighted by Gasteiger charge is -2.11. The molecule has 7 nitrogen and oxygen atoms in total. The molecule has 0 aliphatic carbocycles. The van der Waals surface area contributed by atoms with Gasteiger partial charge in [-0.1, -0.05) is 0 Å². The van der Waals surface area contributed by atoms with Gasteiger partial charge in [0.15, 0.2) is 0 Å². The Morgan fingerprint density at radius 1 is 1.40 bits per heavy atom. The van der Waals surface area contributed by atoms with E-state index in [2.05, 4.69) is 20.6 Å². The summed E-state index contributed by atoms with van der Waals surface area (Å²) in [5.74, 6) is 0.704. The van der Waals surface area contributed by atoms with Gasteiger partial charge in [-0.25, -0.2) is 4.98 Å². The minimum Gasteiger partial charge on any atom is -0.365 e. The number of non-ortho nitro benzene ring substituents is 1. The SMILES string of the molecule is Cl.O=[N+]([O-])c1ccc2nc(N[C@H]3CCNC3)cnc2c1. The van der Waals surface area contributed by atoms with Gasteiger partial charge in [0.05, 0.1) is 22.2 Å². The maximum absolute atomic E-state index is 10.7. The highest BCUT2D eigenvalue weighted by Gasteiger charge is 2.15. The molecule has 1 saturated heterocycles. The zero-order chi connectivity index (χ0) is 13.2. The van der Waals surface area contributed by atoms with E-state index in [4.69, 9.17) is 0 Å². The van der Waals surface area contributed by atoms with Crippen LogP contribution < -0.4 is 10.6 Å². The van der Waals surface area contributed by atoms with E-state index in [1.165, 1.54) is 12.1 Å². The Kier molecular flexibility index (Phi) is 4.31. The van der Waals surface area contributed by atoms with Crippen molar-refractivity contribution < 1.29 is 4.92 Å². The van der Waals surface area contributed by atoms with Gasteiger partial charge in [-0.3, -0.25) is 15.1 Å². The number of nitrogens with zero attached hydrogens (tertiary/aromatic N) is 3. The van der Waals surface area contributed by atoms with Gasteiger partial charge in [-0.15, -0.1) is 12.4 Å². The fraction of sp³-hybridized carbons (Fsp3) is 0.333. The zero-order valence-electron chi connectivity index (χ0n) is 10.6. The molecule has 2 N–H and O–H groups in total. The molecule has 1 aromatic carbocycles. The quantitative estimate of drug-likeness (QED) is 0.662. The van der Waals surface area contributed by atoms with Gasteiger partial charge in [0, 0.05) is 24.7 Å². The van der Waals surface area contributed by atoms with Gasteiger partial charge in [0.2, 0.25) is 0 Å². The third-order valence-electron chi connectivity index (χ3n) is 3.15. The van der Waals surface area contributed by atoms with E-state index in [-0.39, 0.29) is 18.1 Å². The number of anilines is 1. The standard InChI is InChI=1S/C12H13N5O2.ClH/c18-17(19)9-1-2-10-11(5-9)14-7-12(16-10)15-8-3-4-13-6-8;/h1-2,5,7-8,13H,3-4,6H2,(H,15,16);1H/t8-;/m0./s1. The highest BCUT2D eigenvalue weighted by molar-refractivity contribution is 5.85. The molecule has 106 valence electrons. The molecule has 0 amide bonds. The highest BCUT2D eigenvalue weighted by atomic mass is 35.5. The van der Waals surface area contributed by atoms with E-state index in [0.717, 1.165) is 19.5 Å². The molecule has 0 saturated carbocycles. The van der Waals surface area contributed by atoms with Crippen molar-refractivity contribution in [3.05, 3.63) is 34.5 Å². The predicted molar refractivity (Wildman–Crippen MR) is 78.3 cm³/mol. The number of halogens is 1. The lowest BCUT2D eigenvalue weighted by Crippen LogP contribution is -2.22. The van der Waals surface area contributed by atoms with Crippen LogP contribution >= 0.6 is 12.4 Å². The van der Waals surface area contributed by atoms with Crippen LogP contribution in [-0.4, -0.2) is 34.0 Å². The number of hydrogen-bond donors (Lipinski definition) is 2. The molecule has 0 radical (unpaired) electrons. The molecule has 1 atom stereocenters. The average molecular weight is 296 g/mol. The number of benzene rings is 1. The summed E-state index contributed by atoms with van der Waals surface area (Å²) in [6, 6.07) is 4.87. The smallest absolute Gasteiger partial charge is 0.271 e. The summed E-state index contributed by atoms with van der Waals surface area (Å²) in [6.45, 7) is 1.92. The maximum atomic E-state index is 10.7. The van der Waals surface area contributed by atoms with Crippen LogP contribution in [0.1, 0.15) is 6.42 Å². The summed E-state index contributed by atoms with van der Waals surface area (Å²) in [4.78, 5) is 18.9. The first-order chi connectivity index (χ1) is 9.22. The average Bonchev–Trinajstić information content (AvgIpc) is 2.91. The Bertz CT molecular complexity index is 630. The molecule has 0 unspecified atom stereocenters. The molecule has 1 aliphatic rings. The van der Waals surface area contributed by atoms with Crippen molar-refractivity contribution in [3.63, 3.8) is 0 Å². The molecule has 2 aromatic rings. The first kappa shape index (κ1) is 14.4. The number of nitro benzene ring substituents is 1. The zero-order valence-corrected chi connectivity index (χ0v) is 11.4. The van der Waals surface area contributed by atoms with E-state index in [1.54, 1.807) is 12.3 Å². The maximum Gasteiger partial charge on any atom is 0.271 e. The summed E-state index contributed by atoms with van der Waals surface area (Å²) >= 11 is 0. The van der Waals surface area contributed by atoms with Gasteiger partial charge in [0.1, 0.15) is 5.82 Å². The van der Waals surface area contributed by atoms with Crippen molar-refractivity contribution in [3.8, 4) is 0 Å². The molecule has 1 aromatic heterocycles. The van der Waals surface area contributed by atoms with E-state index >= 15 is 0 Å². The molecule has 1 aliphatic heterocycles. The van der Waals surface area contributed by atoms with Gasteiger partial charge in [-0.05, 0) is 19.0 Å². The molecule has 20 heavy (non-hydrogen) atoms. The summed E-state index contributed by atoms with van der Waals surface area (Å²) in [5.41, 5.74) is 1.22. The molecule has 1 fully saturated rings. The molecule has 0 spiro atoms. The van der Waals surface area contributed by atoms with E-state index in [1.807, 2.05) is 0 Å². The number of nitro groups is 1. The highest BCUT2D eigenvalue weighted by Crippen LogP contribution is 2.19. The number of nitrogens with one attached hydrogen (secondary N) is 2. The lowest BCUT2D eigenvalue weighted by atomic mass is 10.2. The fourth-order valence-corrected chi connectivity index (χ4v) is 2.17. The summed E-state index contributed by atoms with van der Waals surface area (Å²) < 4.78 is 0. The van der Waals surface area contributed by atoms with Gasteiger partial charge < -0.3 is 10.6 Å². The first-order valence-electron chi connectivity index (χ1n) is 6.11. The first-order valence-corrected chi connectivity index (χ1v) is 6.11. The van der Waals surface area contributed by atoms with Crippen LogP contribution in [0, 0.1) is 10.1 Å². The van der Waals surface area contributed by atoms with Crippen LogP contribution in [0.25, 0.3) is 11.0 Å². The van der Waals surface area contributed by atoms with Crippen LogP contribution in [0.3, 0.4) is 0 Å². The number of hydrogen-bond acceptors (Lipinski definition) is 6. The van der Waals surface area contributed by atoms with Crippen molar-refractivity contribution in [2.45, 2.75) is 12.5 Å². The Morgan fingerprint density at radius 3 is 2.95 bits per heavy atom. The van der Waals surface area contributed by atoms with Crippen molar-refractivity contribution >= 4 is 34.9 Å². The number of fused-ring (bicyclic) bond motifs is 1. The summed E-state index contributed by atoms with van der Waals surface area (Å²) in [5, 5.41) is 17.2. The van der Waals surface area contributed by atoms with Crippen molar-refractivity contribution in [2.24, 2.45) is 0 Å². The topological polar surface area (TPSA) is 93.0 Å². The number of rotatable bonds is 3. The van der Waals surface area contributed by atoms with Gasteiger partial charge >= 0.3 is 0 Å². The second kappa shape index (κ2) is 5.98. The molecular weight excluding hydrogens is 282 g/mol. The van der Waals surface area contributed by atoms with Crippen molar-refractivity contribution in [1.82, 2.24) is 15.3 Å². The van der Waals surface area contributed by atoms with Crippen LogP contribution in [-0.2, 0) is 0 Å². The fourth-order valence-electron chi connectivity index (χ4n) is 2.17. The molecule has 8 heteroatoms. The van der Waals surface area contributed by atoms with Crippen molar-refractivity contribution in [2.75, 3.05) is 18.4 Å². The normalized spacial score (nSPS) is 17.7. The molecule has 3 rings (SSSR count). The van der Waals surface area contributed by atoms with Crippen molar-refractivity contribution in [1.29, 1.82) is 0 Å². The minimum atomic E-state index is -0.433. The Hall–Kier alpha value is -1.99.